The quantitative estimate of drug-likeness (QED) is 0.775. The molecule has 1 aromatic rings. The Morgan fingerprint density at radius 1 is 1.44 bits per heavy atom. The minimum Gasteiger partial charge on any atom is -0.478 e. The maximum Gasteiger partial charge on any atom is 0.337 e. The summed E-state index contributed by atoms with van der Waals surface area (Å²) in [5, 5.41) is 12.0. The molecule has 1 saturated carbocycles. The summed E-state index contributed by atoms with van der Waals surface area (Å²) in [6.45, 7) is 0.273. The maximum atomic E-state index is 12.0. The Morgan fingerprint density at radius 2 is 2.11 bits per heavy atom. The van der Waals surface area contributed by atoms with Crippen LogP contribution in [0.2, 0.25) is 5.02 Å². The summed E-state index contributed by atoms with van der Waals surface area (Å²) in [4.78, 5) is 23.0. The highest BCUT2D eigenvalue weighted by Crippen LogP contribution is 2.45. The van der Waals surface area contributed by atoms with E-state index in [1.54, 1.807) is 0 Å². The van der Waals surface area contributed by atoms with Crippen molar-refractivity contribution in [1.82, 2.24) is 0 Å². The van der Waals surface area contributed by atoms with Crippen LogP contribution in [0.25, 0.3) is 0 Å². The van der Waals surface area contributed by atoms with Crippen molar-refractivity contribution in [3.8, 4) is 0 Å². The second kappa shape index (κ2) is 4.59. The molecule has 2 rings (SSSR count). The van der Waals surface area contributed by atoms with Crippen LogP contribution in [0, 0.1) is 5.41 Å². The second-order valence-electron chi connectivity index (χ2n) is 4.43. The Morgan fingerprint density at radius 3 is 2.61 bits per heavy atom. The molecule has 1 aliphatic rings. The van der Waals surface area contributed by atoms with Crippen molar-refractivity contribution in [3.63, 3.8) is 0 Å². The highest BCUT2D eigenvalue weighted by molar-refractivity contribution is 6.31. The SMILES string of the molecule is NCC1(C(=O)Nc2ccc(Cl)cc2C(=O)O)CC1. The third-order valence-corrected chi connectivity index (χ3v) is 3.42. The van der Waals surface area contributed by atoms with Gasteiger partial charge >= 0.3 is 5.97 Å². The van der Waals surface area contributed by atoms with Gasteiger partial charge in [-0.3, -0.25) is 4.79 Å². The number of hydrogen-bond donors (Lipinski definition) is 3. The number of nitrogens with one attached hydrogen (secondary N) is 1. The summed E-state index contributed by atoms with van der Waals surface area (Å²) in [7, 11) is 0. The number of amides is 1. The smallest absolute Gasteiger partial charge is 0.337 e. The van der Waals surface area contributed by atoms with Crippen LogP contribution in [-0.4, -0.2) is 23.5 Å². The van der Waals surface area contributed by atoms with E-state index >= 15 is 0 Å². The average molecular weight is 269 g/mol. The first-order chi connectivity index (χ1) is 8.48. The molecular formula is C12H13ClN2O3. The topological polar surface area (TPSA) is 92.4 Å². The molecule has 0 radical (unpaired) electrons. The Hall–Kier alpha value is -1.59. The summed E-state index contributed by atoms with van der Waals surface area (Å²) < 4.78 is 0. The van der Waals surface area contributed by atoms with E-state index in [4.69, 9.17) is 22.4 Å². The molecule has 1 amide bonds. The Balaban J connectivity index is 2.24. The first kappa shape index (κ1) is 12.9. The van der Waals surface area contributed by atoms with Gasteiger partial charge in [-0.2, -0.15) is 0 Å². The maximum absolute atomic E-state index is 12.0. The third-order valence-electron chi connectivity index (χ3n) is 3.19. The molecule has 0 aliphatic heterocycles. The number of benzene rings is 1. The van der Waals surface area contributed by atoms with Crippen molar-refractivity contribution in [2.24, 2.45) is 11.1 Å². The molecule has 5 nitrogen and oxygen atoms in total. The van der Waals surface area contributed by atoms with Crippen LogP contribution in [0.15, 0.2) is 18.2 Å². The molecule has 0 heterocycles. The molecular weight excluding hydrogens is 256 g/mol. The van der Waals surface area contributed by atoms with Crippen molar-refractivity contribution in [2.45, 2.75) is 12.8 Å². The standard InChI is InChI=1S/C12H13ClN2O3/c13-7-1-2-9(8(5-7)10(16)17)15-11(18)12(6-14)3-4-12/h1-2,5H,3-4,6,14H2,(H,15,18)(H,16,17). The number of carbonyl (C=O) groups excluding carboxylic acids is 1. The zero-order valence-electron chi connectivity index (χ0n) is 9.57. The number of halogens is 1. The largest absolute Gasteiger partial charge is 0.478 e. The van der Waals surface area contributed by atoms with Crippen LogP contribution in [0.1, 0.15) is 23.2 Å². The number of aromatic carboxylic acids is 1. The summed E-state index contributed by atoms with van der Waals surface area (Å²) in [5.74, 6) is -1.36. The number of carboxylic acids is 1. The summed E-state index contributed by atoms with van der Waals surface area (Å²) in [6.07, 6.45) is 1.48. The fourth-order valence-electron chi connectivity index (χ4n) is 1.73. The van der Waals surface area contributed by atoms with Gasteiger partial charge in [0.25, 0.3) is 0 Å². The van der Waals surface area contributed by atoms with Gasteiger partial charge in [-0.15, -0.1) is 0 Å². The fraction of sp³-hybridized carbons (Fsp3) is 0.333. The number of rotatable bonds is 4. The number of anilines is 1. The van der Waals surface area contributed by atoms with Crippen molar-refractivity contribution in [3.05, 3.63) is 28.8 Å². The molecule has 0 spiro atoms. The number of hydrogen-bond acceptors (Lipinski definition) is 3. The van der Waals surface area contributed by atoms with Gasteiger partial charge in [-0.1, -0.05) is 11.6 Å². The van der Waals surface area contributed by atoms with Crippen molar-refractivity contribution >= 4 is 29.2 Å². The van der Waals surface area contributed by atoms with Crippen LogP contribution >= 0.6 is 11.6 Å². The predicted octanol–water partition coefficient (Wildman–Crippen LogP) is 1.72. The lowest BCUT2D eigenvalue weighted by Crippen LogP contribution is -2.31. The van der Waals surface area contributed by atoms with Gasteiger partial charge in [0, 0.05) is 11.6 Å². The number of carbonyl (C=O) groups is 2. The third kappa shape index (κ3) is 2.32. The van der Waals surface area contributed by atoms with Gasteiger partial charge in [-0.05, 0) is 31.0 Å². The van der Waals surface area contributed by atoms with Gasteiger partial charge in [0.1, 0.15) is 0 Å². The normalized spacial score (nSPS) is 16.1. The van der Waals surface area contributed by atoms with Gasteiger partial charge < -0.3 is 16.2 Å². The van der Waals surface area contributed by atoms with Crippen LogP contribution in [0.4, 0.5) is 5.69 Å². The van der Waals surface area contributed by atoms with Crippen LogP contribution < -0.4 is 11.1 Å². The lowest BCUT2D eigenvalue weighted by Gasteiger charge is -2.14. The average Bonchev–Trinajstić information content (AvgIpc) is 3.12. The predicted molar refractivity (Wildman–Crippen MR) is 67.8 cm³/mol. The lowest BCUT2D eigenvalue weighted by atomic mass is 10.1. The Kier molecular flexibility index (Phi) is 3.28. The molecule has 0 aromatic heterocycles. The van der Waals surface area contributed by atoms with Crippen LogP contribution in [0.3, 0.4) is 0 Å². The van der Waals surface area contributed by atoms with E-state index in [-0.39, 0.29) is 23.7 Å². The van der Waals surface area contributed by atoms with E-state index in [0.29, 0.717) is 5.02 Å². The molecule has 1 fully saturated rings. The minimum absolute atomic E-state index is 0.0244. The van der Waals surface area contributed by atoms with Gasteiger partial charge in [0.15, 0.2) is 0 Å². The van der Waals surface area contributed by atoms with E-state index in [9.17, 15) is 9.59 Å². The van der Waals surface area contributed by atoms with Crippen LogP contribution in [0.5, 0.6) is 0 Å². The van der Waals surface area contributed by atoms with E-state index in [2.05, 4.69) is 5.32 Å². The lowest BCUT2D eigenvalue weighted by molar-refractivity contribution is -0.120. The summed E-state index contributed by atoms with van der Waals surface area (Å²) in [5.41, 5.74) is 5.25. The fourth-order valence-corrected chi connectivity index (χ4v) is 1.90. The number of nitrogens with two attached hydrogens (primary N) is 1. The molecule has 4 N–H and O–H groups in total. The zero-order valence-corrected chi connectivity index (χ0v) is 10.3. The summed E-state index contributed by atoms with van der Waals surface area (Å²) in [6, 6.07) is 4.32. The van der Waals surface area contributed by atoms with Gasteiger partial charge in [0.2, 0.25) is 5.91 Å². The highest BCUT2D eigenvalue weighted by atomic mass is 35.5. The first-order valence-corrected chi connectivity index (χ1v) is 5.91. The van der Waals surface area contributed by atoms with Gasteiger partial charge in [0.05, 0.1) is 16.7 Å². The van der Waals surface area contributed by atoms with E-state index in [0.717, 1.165) is 12.8 Å². The Bertz CT molecular complexity index is 512. The van der Waals surface area contributed by atoms with Gasteiger partial charge in [-0.25, -0.2) is 4.79 Å². The minimum atomic E-state index is -1.13. The number of carboxylic acid groups (broad SMARTS) is 1. The summed E-state index contributed by atoms with van der Waals surface area (Å²) >= 11 is 5.73. The van der Waals surface area contributed by atoms with E-state index in [1.165, 1.54) is 18.2 Å². The van der Waals surface area contributed by atoms with E-state index < -0.39 is 11.4 Å². The van der Waals surface area contributed by atoms with Crippen LogP contribution in [-0.2, 0) is 4.79 Å². The molecule has 1 aromatic carbocycles. The second-order valence-corrected chi connectivity index (χ2v) is 4.87. The molecule has 6 heteroatoms. The molecule has 1 aliphatic carbocycles. The zero-order chi connectivity index (χ0) is 13.3. The van der Waals surface area contributed by atoms with Crippen molar-refractivity contribution in [1.29, 1.82) is 0 Å². The molecule has 18 heavy (non-hydrogen) atoms. The first-order valence-electron chi connectivity index (χ1n) is 5.53. The van der Waals surface area contributed by atoms with E-state index in [1.807, 2.05) is 0 Å². The monoisotopic (exact) mass is 268 g/mol. The van der Waals surface area contributed by atoms with Crippen molar-refractivity contribution < 1.29 is 14.7 Å². The molecule has 0 unspecified atom stereocenters. The molecule has 96 valence electrons. The molecule has 0 atom stereocenters. The van der Waals surface area contributed by atoms with Crippen molar-refractivity contribution in [2.75, 3.05) is 11.9 Å². The highest BCUT2D eigenvalue weighted by Gasteiger charge is 2.48. The molecule has 0 bridgehead atoms. The molecule has 0 saturated heterocycles. The Labute approximate surface area is 109 Å².